The molecular weight excluding hydrogens is 288 g/mol. The van der Waals surface area contributed by atoms with Crippen molar-refractivity contribution in [3.05, 3.63) is 42.0 Å². The smallest absolute Gasteiger partial charge is 0.252 e. The number of carbonyl (C=O) groups excluding carboxylic acids is 1. The number of rotatable bonds is 3. The van der Waals surface area contributed by atoms with E-state index in [9.17, 15) is 4.79 Å². The molecule has 112 valence electrons. The first-order chi connectivity index (χ1) is 9.79. The van der Waals surface area contributed by atoms with Crippen molar-refractivity contribution in [1.82, 2.24) is 10.6 Å². The molecule has 1 heterocycles. The highest BCUT2D eigenvalue weighted by Gasteiger charge is 2.19. The lowest BCUT2D eigenvalue weighted by Gasteiger charge is -2.14. The van der Waals surface area contributed by atoms with Crippen molar-refractivity contribution in [1.29, 1.82) is 0 Å². The van der Waals surface area contributed by atoms with Gasteiger partial charge in [0.1, 0.15) is 5.75 Å². The molecule has 0 aliphatic carbocycles. The fourth-order valence-corrected chi connectivity index (χ4v) is 2.69. The Morgan fingerprint density at radius 3 is 2.67 bits per heavy atom. The molecule has 4 nitrogen and oxygen atoms in total. The molecule has 5 heteroatoms. The second kappa shape index (κ2) is 6.78. The molecule has 0 aromatic heterocycles. The summed E-state index contributed by atoms with van der Waals surface area (Å²) in [5.74, 6) is 0.775. The maximum absolute atomic E-state index is 12.4. The number of nitrogens with one attached hydrogen (secondary N) is 2. The molecule has 2 aromatic carbocycles. The number of benzene rings is 2. The molecule has 1 saturated heterocycles. The summed E-state index contributed by atoms with van der Waals surface area (Å²) in [7, 11) is 1.64. The number of methoxy groups -OCH3 is 1. The Labute approximate surface area is 130 Å². The van der Waals surface area contributed by atoms with Crippen LogP contribution >= 0.6 is 12.4 Å². The van der Waals surface area contributed by atoms with Crippen LogP contribution in [0, 0.1) is 0 Å². The summed E-state index contributed by atoms with van der Waals surface area (Å²) >= 11 is 0. The average molecular weight is 307 g/mol. The quantitative estimate of drug-likeness (QED) is 0.915. The van der Waals surface area contributed by atoms with E-state index < -0.39 is 0 Å². The van der Waals surface area contributed by atoms with E-state index in [1.54, 1.807) is 7.11 Å². The monoisotopic (exact) mass is 306 g/mol. The van der Waals surface area contributed by atoms with Crippen molar-refractivity contribution in [2.24, 2.45) is 0 Å². The molecule has 21 heavy (non-hydrogen) atoms. The zero-order chi connectivity index (χ0) is 13.9. The van der Waals surface area contributed by atoms with Gasteiger partial charge in [-0.1, -0.05) is 24.3 Å². The van der Waals surface area contributed by atoms with Gasteiger partial charge in [-0.25, -0.2) is 0 Å². The molecule has 2 aromatic rings. The largest absolute Gasteiger partial charge is 0.496 e. The van der Waals surface area contributed by atoms with Crippen LogP contribution in [0.25, 0.3) is 10.8 Å². The summed E-state index contributed by atoms with van der Waals surface area (Å²) < 4.78 is 5.35. The minimum atomic E-state index is -0.0162. The highest BCUT2D eigenvalue weighted by molar-refractivity contribution is 6.08. The Balaban J connectivity index is 0.00000161. The van der Waals surface area contributed by atoms with Crippen LogP contribution in [0.2, 0.25) is 0 Å². The average Bonchev–Trinajstić information content (AvgIpc) is 2.99. The van der Waals surface area contributed by atoms with Gasteiger partial charge in [0, 0.05) is 23.5 Å². The van der Waals surface area contributed by atoms with Crippen molar-refractivity contribution >= 4 is 29.1 Å². The van der Waals surface area contributed by atoms with E-state index in [4.69, 9.17) is 4.74 Å². The van der Waals surface area contributed by atoms with Gasteiger partial charge in [0.05, 0.1) is 7.11 Å². The van der Waals surface area contributed by atoms with Crippen LogP contribution in [-0.4, -0.2) is 32.1 Å². The molecule has 2 N–H and O–H groups in total. The van der Waals surface area contributed by atoms with Gasteiger partial charge in [0.15, 0.2) is 0 Å². The van der Waals surface area contributed by atoms with Gasteiger partial charge in [-0.3, -0.25) is 4.79 Å². The maximum Gasteiger partial charge on any atom is 0.252 e. The van der Waals surface area contributed by atoms with E-state index in [1.165, 1.54) is 0 Å². The van der Waals surface area contributed by atoms with Gasteiger partial charge in [-0.15, -0.1) is 12.4 Å². The Kier molecular flexibility index (Phi) is 5.04. The fraction of sp³-hybridized carbons (Fsp3) is 0.312. The van der Waals surface area contributed by atoms with E-state index in [0.29, 0.717) is 5.56 Å². The van der Waals surface area contributed by atoms with E-state index in [2.05, 4.69) is 10.6 Å². The van der Waals surface area contributed by atoms with Crippen LogP contribution in [0.3, 0.4) is 0 Å². The number of ether oxygens (including phenoxy) is 1. The standard InChI is InChI=1S/C16H18N2O2.ClH/c1-20-15-7-6-14(12-4-2-3-5-13(12)15)16(19)18-11-8-9-17-10-11;/h2-7,11,17H,8-10H2,1H3,(H,18,19);1H. The Hall–Kier alpha value is -1.78. The number of halogens is 1. The number of hydrogen-bond acceptors (Lipinski definition) is 3. The molecule has 1 fully saturated rings. The number of carbonyl (C=O) groups is 1. The molecule has 0 radical (unpaired) electrons. The Morgan fingerprint density at radius 1 is 1.24 bits per heavy atom. The molecule has 1 atom stereocenters. The molecule has 1 aliphatic rings. The van der Waals surface area contributed by atoms with Crippen LogP contribution in [0.1, 0.15) is 16.8 Å². The van der Waals surface area contributed by atoms with Crippen molar-refractivity contribution in [3.8, 4) is 5.75 Å². The zero-order valence-corrected chi connectivity index (χ0v) is 12.7. The third-order valence-electron chi connectivity index (χ3n) is 3.74. The van der Waals surface area contributed by atoms with Gasteiger partial charge >= 0.3 is 0 Å². The SMILES string of the molecule is COc1ccc(C(=O)NC2CCNC2)c2ccccc12.Cl. The maximum atomic E-state index is 12.4. The van der Waals surface area contributed by atoms with Gasteiger partial charge in [-0.05, 0) is 30.5 Å². The Morgan fingerprint density at radius 2 is 2.00 bits per heavy atom. The third-order valence-corrected chi connectivity index (χ3v) is 3.74. The highest BCUT2D eigenvalue weighted by atomic mass is 35.5. The number of fused-ring (bicyclic) bond motifs is 1. The molecule has 0 bridgehead atoms. The summed E-state index contributed by atoms with van der Waals surface area (Å²) in [6.07, 6.45) is 0.986. The van der Waals surface area contributed by atoms with Gasteiger partial charge in [-0.2, -0.15) is 0 Å². The molecule has 0 saturated carbocycles. The minimum absolute atomic E-state index is 0. The van der Waals surface area contributed by atoms with Crippen molar-refractivity contribution in [2.75, 3.05) is 20.2 Å². The normalized spacial score (nSPS) is 17.3. The van der Waals surface area contributed by atoms with Crippen LogP contribution < -0.4 is 15.4 Å². The van der Waals surface area contributed by atoms with E-state index >= 15 is 0 Å². The predicted octanol–water partition coefficient (Wildman–Crippen LogP) is 2.36. The van der Waals surface area contributed by atoms with Gasteiger partial charge in [0.25, 0.3) is 5.91 Å². The van der Waals surface area contributed by atoms with Crippen LogP contribution in [0.4, 0.5) is 0 Å². The number of amides is 1. The lowest BCUT2D eigenvalue weighted by atomic mass is 10.0. The van der Waals surface area contributed by atoms with Gasteiger partial charge < -0.3 is 15.4 Å². The number of hydrogen-bond donors (Lipinski definition) is 2. The predicted molar refractivity (Wildman–Crippen MR) is 86.5 cm³/mol. The molecule has 1 amide bonds. The summed E-state index contributed by atoms with van der Waals surface area (Å²) in [6.45, 7) is 1.81. The second-order valence-corrected chi connectivity index (χ2v) is 5.02. The van der Waals surface area contributed by atoms with E-state index in [1.807, 2.05) is 36.4 Å². The lowest BCUT2D eigenvalue weighted by Crippen LogP contribution is -2.36. The van der Waals surface area contributed by atoms with Crippen LogP contribution in [0.15, 0.2) is 36.4 Å². The molecule has 1 aliphatic heterocycles. The topological polar surface area (TPSA) is 50.4 Å². The highest BCUT2D eigenvalue weighted by Crippen LogP contribution is 2.28. The van der Waals surface area contributed by atoms with Crippen LogP contribution in [-0.2, 0) is 0 Å². The minimum Gasteiger partial charge on any atom is -0.496 e. The summed E-state index contributed by atoms with van der Waals surface area (Å²) in [5.41, 5.74) is 0.702. The third kappa shape index (κ3) is 3.12. The van der Waals surface area contributed by atoms with Crippen LogP contribution in [0.5, 0.6) is 5.75 Å². The van der Waals surface area contributed by atoms with E-state index in [0.717, 1.165) is 36.0 Å². The summed E-state index contributed by atoms with van der Waals surface area (Å²) in [6, 6.07) is 11.7. The Bertz CT molecular complexity index is 639. The van der Waals surface area contributed by atoms with E-state index in [-0.39, 0.29) is 24.4 Å². The summed E-state index contributed by atoms with van der Waals surface area (Å²) in [4.78, 5) is 12.4. The van der Waals surface area contributed by atoms with Crippen molar-refractivity contribution in [3.63, 3.8) is 0 Å². The molecule has 3 rings (SSSR count). The first kappa shape index (κ1) is 15.6. The summed E-state index contributed by atoms with van der Waals surface area (Å²) in [5, 5.41) is 8.22. The van der Waals surface area contributed by atoms with Crippen molar-refractivity contribution in [2.45, 2.75) is 12.5 Å². The van der Waals surface area contributed by atoms with Crippen molar-refractivity contribution < 1.29 is 9.53 Å². The first-order valence-corrected chi connectivity index (χ1v) is 6.87. The molecular formula is C16H19ClN2O2. The molecule has 1 unspecified atom stereocenters. The van der Waals surface area contributed by atoms with Gasteiger partial charge in [0.2, 0.25) is 0 Å². The first-order valence-electron chi connectivity index (χ1n) is 6.87. The zero-order valence-electron chi connectivity index (χ0n) is 11.9. The fourth-order valence-electron chi connectivity index (χ4n) is 2.69. The lowest BCUT2D eigenvalue weighted by molar-refractivity contribution is 0.0941. The second-order valence-electron chi connectivity index (χ2n) is 5.02. The molecule has 0 spiro atoms.